The van der Waals surface area contributed by atoms with Crippen molar-refractivity contribution in [2.24, 2.45) is 5.73 Å². The van der Waals surface area contributed by atoms with E-state index >= 15 is 0 Å². The van der Waals surface area contributed by atoms with Gasteiger partial charge in [0.25, 0.3) is 0 Å². The first-order valence-electron chi connectivity index (χ1n) is 5.18. The van der Waals surface area contributed by atoms with Gasteiger partial charge in [-0.2, -0.15) is 0 Å². The third kappa shape index (κ3) is 1.15. The summed E-state index contributed by atoms with van der Waals surface area (Å²) in [5.41, 5.74) is 10.7. The van der Waals surface area contributed by atoms with E-state index in [0.29, 0.717) is 0 Å². The van der Waals surface area contributed by atoms with Crippen LogP contribution in [0.25, 0.3) is 11.0 Å². The van der Waals surface area contributed by atoms with E-state index in [1.807, 2.05) is 31.0 Å². The third-order valence-corrected chi connectivity index (χ3v) is 2.90. The van der Waals surface area contributed by atoms with Crippen molar-refractivity contribution in [1.29, 1.82) is 0 Å². The molecule has 1 aromatic heterocycles. The molecule has 3 rings (SSSR count). The summed E-state index contributed by atoms with van der Waals surface area (Å²) in [6.07, 6.45) is 1.58. The SMILES string of the molecule is Cc1cnc2ccc3c(c2n1)NC(N)N3C. The number of fused-ring (bicyclic) bond motifs is 3. The Morgan fingerprint density at radius 3 is 3.06 bits per heavy atom. The molecule has 1 aliphatic heterocycles. The second kappa shape index (κ2) is 3.05. The number of nitrogens with zero attached hydrogens (tertiary/aromatic N) is 3. The standard InChI is InChI=1S/C11H13N5/c1-6-5-13-7-3-4-8-10(9(7)14-6)15-11(12)16(8)2/h3-5,11,15H,12H2,1-2H3. The van der Waals surface area contributed by atoms with Gasteiger partial charge in [0.2, 0.25) is 0 Å². The van der Waals surface area contributed by atoms with Crippen LogP contribution in [-0.2, 0) is 0 Å². The molecule has 1 unspecified atom stereocenters. The lowest BCUT2D eigenvalue weighted by Crippen LogP contribution is -2.40. The van der Waals surface area contributed by atoms with Crippen LogP contribution in [0.1, 0.15) is 5.69 Å². The quantitative estimate of drug-likeness (QED) is 0.687. The number of nitrogens with one attached hydrogen (secondary N) is 1. The molecule has 5 heteroatoms. The molecular formula is C11H13N5. The molecule has 2 heterocycles. The van der Waals surface area contributed by atoms with Crippen molar-refractivity contribution < 1.29 is 0 Å². The van der Waals surface area contributed by atoms with Gasteiger partial charge in [0.05, 0.1) is 22.6 Å². The van der Waals surface area contributed by atoms with Crippen molar-refractivity contribution in [1.82, 2.24) is 9.97 Å². The van der Waals surface area contributed by atoms with Crippen LogP contribution in [0.3, 0.4) is 0 Å². The number of aryl methyl sites for hydroxylation is 1. The van der Waals surface area contributed by atoms with E-state index < -0.39 is 0 Å². The Hall–Kier alpha value is -1.88. The summed E-state index contributed by atoms with van der Waals surface area (Å²) in [6, 6.07) is 3.98. The lowest BCUT2D eigenvalue weighted by Gasteiger charge is -2.16. The predicted octanol–water partition coefficient (Wildman–Crippen LogP) is 1.04. The second-order valence-corrected chi connectivity index (χ2v) is 4.04. The van der Waals surface area contributed by atoms with Gasteiger partial charge >= 0.3 is 0 Å². The second-order valence-electron chi connectivity index (χ2n) is 4.04. The van der Waals surface area contributed by atoms with Crippen LogP contribution in [0, 0.1) is 6.92 Å². The van der Waals surface area contributed by atoms with Crippen LogP contribution in [-0.4, -0.2) is 23.3 Å². The maximum absolute atomic E-state index is 5.92. The normalized spacial score (nSPS) is 18.7. The number of anilines is 2. The fraction of sp³-hybridized carbons (Fsp3) is 0.273. The van der Waals surface area contributed by atoms with E-state index in [-0.39, 0.29) is 6.29 Å². The smallest absolute Gasteiger partial charge is 0.152 e. The maximum atomic E-state index is 5.92. The van der Waals surface area contributed by atoms with Crippen molar-refractivity contribution in [2.75, 3.05) is 17.3 Å². The van der Waals surface area contributed by atoms with Crippen LogP contribution >= 0.6 is 0 Å². The van der Waals surface area contributed by atoms with Crippen molar-refractivity contribution in [3.63, 3.8) is 0 Å². The van der Waals surface area contributed by atoms with E-state index in [1.165, 1.54) is 0 Å². The van der Waals surface area contributed by atoms with Crippen LogP contribution in [0.15, 0.2) is 18.3 Å². The monoisotopic (exact) mass is 215 g/mol. The van der Waals surface area contributed by atoms with E-state index in [1.54, 1.807) is 6.20 Å². The Labute approximate surface area is 93.3 Å². The highest BCUT2D eigenvalue weighted by Crippen LogP contribution is 2.36. The zero-order valence-electron chi connectivity index (χ0n) is 9.23. The molecule has 1 atom stereocenters. The highest BCUT2D eigenvalue weighted by molar-refractivity contribution is 5.97. The summed E-state index contributed by atoms with van der Waals surface area (Å²) < 4.78 is 0. The summed E-state index contributed by atoms with van der Waals surface area (Å²) in [5.74, 6) is 0. The summed E-state index contributed by atoms with van der Waals surface area (Å²) in [4.78, 5) is 10.8. The van der Waals surface area contributed by atoms with Crippen LogP contribution in [0.4, 0.5) is 11.4 Å². The minimum Gasteiger partial charge on any atom is -0.350 e. The summed E-state index contributed by atoms with van der Waals surface area (Å²) >= 11 is 0. The maximum Gasteiger partial charge on any atom is 0.152 e. The molecule has 82 valence electrons. The molecular weight excluding hydrogens is 202 g/mol. The minimum absolute atomic E-state index is 0.192. The zero-order valence-corrected chi connectivity index (χ0v) is 9.23. The summed E-state index contributed by atoms with van der Waals surface area (Å²) in [7, 11) is 1.96. The van der Waals surface area contributed by atoms with E-state index in [4.69, 9.17) is 5.73 Å². The first kappa shape index (κ1) is 9.35. The van der Waals surface area contributed by atoms with Crippen LogP contribution < -0.4 is 16.0 Å². The van der Waals surface area contributed by atoms with Crippen molar-refractivity contribution in [3.8, 4) is 0 Å². The van der Waals surface area contributed by atoms with Crippen molar-refractivity contribution in [3.05, 3.63) is 24.0 Å². The zero-order chi connectivity index (χ0) is 11.3. The van der Waals surface area contributed by atoms with Gasteiger partial charge in [0.1, 0.15) is 5.52 Å². The number of aromatic nitrogens is 2. The summed E-state index contributed by atoms with van der Waals surface area (Å²) in [5, 5.41) is 3.22. The third-order valence-electron chi connectivity index (χ3n) is 2.90. The molecule has 0 saturated carbocycles. The Balaban J connectivity index is 2.33. The van der Waals surface area contributed by atoms with Gasteiger partial charge in [-0.15, -0.1) is 0 Å². The summed E-state index contributed by atoms with van der Waals surface area (Å²) in [6.45, 7) is 1.93. The number of hydrogen-bond acceptors (Lipinski definition) is 5. The number of rotatable bonds is 0. The Morgan fingerprint density at radius 2 is 2.25 bits per heavy atom. The Morgan fingerprint density at radius 1 is 1.44 bits per heavy atom. The Bertz CT molecular complexity index is 566. The number of benzene rings is 1. The van der Waals surface area contributed by atoms with Crippen LogP contribution in [0.2, 0.25) is 0 Å². The molecule has 1 aliphatic rings. The molecule has 0 saturated heterocycles. The van der Waals surface area contributed by atoms with Gasteiger partial charge in [-0.3, -0.25) is 10.7 Å². The highest BCUT2D eigenvalue weighted by Gasteiger charge is 2.24. The van der Waals surface area contributed by atoms with Crippen molar-refractivity contribution in [2.45, 2.75) is 13.2 Å². The van der Waals surface area contributed by atoms with E-state index in [9.17, 15) is 0 Å². The fourth-order valence-electron chi connectivity index (χ4n) is 1.99. The molecule has 0 fully saturated rings. The van der Waals surface area contributed by atoms with Gasteiger partial charge in [0, 0.05) is 13.2 Å². The van der Waals surface area contributed by atoms with Gasteiger partial charge in [-0.25, -0.2) is 4.98 Å². The molecule has 2 aromatic rings. The lowest BCUT2D eigenvalue weighted by atomic mass is 10.2. The minimum atomic E-state index is -0.192. The average molecular weight is 215 g/mol. The lowest BCUT2D eigenvalue weighted by molar-refractivity contribution is 0.769. The molecule has 1 aromatic carbocycles. The largest absolute Gasteiger partial charge is 0.350 e. The van der Waals surface area contributed by atoms with Gasteiger partial charge < -0.3 is 10.2 Å². The van der Waals surface area contributed by atoms with E-state index in [2.05, 4.69) is 15.3 Å². The Kier molecular flexibility index (Phi) is 1.79. The average Bonchev–Trinajstić information content (AvgIpc) is 2.56. The molecule has 5 nitrogen and oxygen atoms in total. The number of hydrogen-bond donors (Lipinski definition) is 2. The predicted molar refractivity (Wildman–Crippen MR) is 64.3 cm³/mol. The van der Waals surface area contributed by atoms with Crippen LogP contribution in [0.5, 0.6) is 0 Å². The molecule has 0 aliphatic carbocycles. The highest BCUT2D eigenvalue weighted by atomic mass is 15.4. The molecule has 3 N–H and O–H groups in total. The van der Waals surface area contributed by atoms with Gasteiger partial charge in [-0.05, 0) is 19.1 Å². The van der Waals surface area contributed by atoms with E-state index in [0.717, 1.165) is 28.1 Å². The first-order chi connectivity index (χ1) is 7.66. The molecule has 0 spiro atoms. The molecule has 0 radical (unpaired) electrons. The topological polar surface area (TPSA) is 67.1 Å². The van der Waals surface area contributed by atoms with Gasteiger partial charge in [-0.1, -0.05) is 0 Å². The molecule has 0 bridgehead atoms. The molecule has 0 amide bonds. The number of nitrogens with two attached hydrogens (primary N) is 1. The first-order valence-corrected chi connectivity index (χ1v) is 5.18. The molecule has 16 heavy (non-hydrogen) atoms. The van der Waals surface area contributed by atoms with Crippen molar-refractivity contribution >= 4 is 22.4 Å². The van der Waals surface area contributed by atoms with Gasteiger partial charge in [0.15, 0.2) is 6.29 Å². The fourth-order valence-corrected chi connectivity index (χ4v) is 1.99.